The molecule has 0 aliphatic carbocycles. The van der Waals surface area contributed by atoms with Crippen LogP contribution in [0.3, 0.4) is 0 Å². The summed E-state index contributed by atoms with van der Waals surface area (Å²) < 4.78 is 7.24. The Hall–Kier alpha value is -2.46. The number of nitrogens with one attached hydrogen (secondary N) is 1. The van der Waals surface area contributed by atoms with E-state index >= 15 is 0 Å². The number of nitrogens with zero attached hydrogens (tertiary/aromatic N) is 5. The third kappa shape index (κ3) is 4.38. The molecule has 0 aliphatic rings. The molecule has 1 amide bonds. The van der Waals surface area contributed by atoms with Crippen LogP contribution >= 0.6 is 23.1 Å². The van der Waals surface area contributed by atoms with Crippen LogP contribution in [-0.2, 0) is 17.8 Å². The normalized spacial score (nSPS) is 10.8. The molecule has 0 bridgehead atoms. The predicted molar refractivity (Wildman–Crippen MR) is 101 cm³/mol. The van der Waals surface area contributed by atoms with Gasteiger partial charge in [0.15, 0.2) is 10.9 Å². The molecule has 0 radical (unpaired) electrons. The van der Waals surface area contributed by atoms with Crippen LogP contribution in [0.1, 0.15) is 18.4 Å². The first-order chi connectivity index (χ1) is 12.7. The van der Waals surface area contributed by atoms with Gasteiger partial charge in [-0.1, -0.05) is 36.1 Å². The van der Waals surface area contributed by atoms with Gasteiger partial charge >= 0.3 is 0 Å². The molecule has 1 N–H and O–H groups in total. The molecule has 8 nitrogen and oxygen atoms in total. The van der Waals surface area contributed by atoms with Crippen molar-refractivity contribution in [3.63, 3.8) is 0 Å². The van der Waals surface area contributed by atoms with Gasteiger partial charge in [-0.25, -0.2) is 0 Å². The highest BCUT2D eigenvalue weighted by atomic mass is 32.2. The minimum absolute atomic E-state index is 0.165. The first-order valence-corrected chi connectivity index (χ1v) is 9.84. The maximum absolute atomic E-state index is 12.2. The number of aryl methyl sites for hydroxylation is 1. The van der Waals surface area contributed by atoms with E-state index in [1.807, 2.05) is 10.6 Å². The molecule has 0 aliphatic heterocycles. The van der Waals surface area contributed by atoms with Crippen LogP contribution in [0.25, 0.3) is 11.6 Å². The zero-order valence-corrected chi connectivity index (χ0v) is 15.8. The Balaban J connectivity index is 1.63. The fourth-order valence-electron chi connectivity index (χ4n) is 2.18. The Morgan fingerprint density at radius 1 is 1.42 bits per heavy atom. The lowest BCUT2D eigenvalue weighted by molar-refractivity contribution is -0.113. The standard InChI is InChI=1S/C16H18N6O2S2/c1-3-6-13-18-20-15(26-13)17-12(23)10-25-16-21-19-14(22(16)8-4-2)11-7-5-9-24-11/h4-5,7,9H,2-3,6,8,10H2,1H3,(H,17,20,23). The van der Waals surface area contributed by atoms with E-state index in [1.54, 1.807) is 18.4 Å². The summed E-state index contributed by atoms with van der Waals surface area (Å²) >= 11 is 2.69. The van der Waals surface area contributed by atoms with E-state index in [4.69, 9.17) is 4.42 Å². The predicted octanol–water partition coefficient (Wildman–Crippen LogP) is 3.26. The second kappa shape index (κ2) is 8.77. The number of rotatable bonds is 9. The van der Waals surface area contributed by atoms with Gasteiger partial charge in [0, 0.05) is 13.0 Å². The smallest absolute Gasteiger partial charge is 0.236 e. The summed E-state index contributed by atoms with van der Waals surface area (Å²) in [5.41, 5.74) is 0. The highest BCUT2D eigenvalue weighted by molar-refractivity contribution is 7.99. The third-order valence-corrected chi connectivity index (χ3v) is 5.14. The second-order valence-electron chi connectivity index (χ2n) is 5.27. The molecule has 0 saturated heterocycles. The summed E-state index contributed by atoms with van der Waals surface area (Å²) in [6.45, 7) is 6.35. The number of anilines is 1. The molecule has 0 saturated carbocycles. The number of amides is 1. The van der Waals surface area contributed by atoms with Gasteiger partial charge in [0.25, 0.3) is 0 Å². The van der Waals surface area contributed by atoms with Gasteiger partial charge in [0.05, 0.1) is 12.0 Å². The van der Waals surface area contributed by atoms with Gasteiger partial charge in [-0.3, -0.25) is 14.7 Å². The monoisotopic (exact) mass is 390 g/mol. The average Bonchev–Trinajstić information content (AvgIpc) is 3.35. The number of carbonyl (C=O) groups excluding carboxylic acids is 1. The first kappa shape index (κ1) is 18.3. The molecule has 0 unspecified atom stereocenters. The summed E-state index contributed by atoms with van der Waals surface area (Å²) in [6.07, 6.45) is 5.19. The Kier molecular flexibility index (Phi) is 6.18. The highest BCUT2D eigenvalue weighted by Gasteiger charge is 2.17. The van der Waals surface area contributed by atoms with Crippen molar-refractivity contribution >= 4 is 34.1 Å². The van der Waals surface area contributed by atoms with Gasteiger partial charge < -0.3 is 4.42 Å². The number of hydrogen-bond donors (Lipinski definition) is 1. The summed E-state index contributed by atoms with van der Waals surface area (Å²) in [5.74, 6) is 1.25. The highest BCUT2D eigenvalue weighted by Crippen LogP contribution is 2.25. The summed E-state index contributed by atoms with van der Waals surface area (Å²) in [5, 5.41) is 21.2. The van der Waals surface area contributed by atoms with Crippen LogP contribution in [0.15, 0.2) is 40.6 Å². The Morgan fingerprint density at radius 3 is 3.04 bits per heavy atom. The Bertz CT molecular complexity index is 871. The molecule has 0 aromatic carbocycles. The molecule has 26 heavy (non-hydrogen) atoms. The van der Waals surface area contributed by atoms with Gasteiger partial charge in [0.1, 0.15) is 5.01 Å². The van der Waals surface area contributed by atoms with Gasteiger partial charge in [-0.05, 0) is 18.6 Å². The lowest BCUT2D eigenvalue weighted by Gasteiger charge is -2.06. The van der Waals surface area contributed by atoms with Gasteiger partial charge in [-0.2, -0.15) is 0 Å². The van der Waals surface area contributed by atoms with Crippen LogP contribution in [0, 0.1) is 0 Å². The second-order valence-corrected chi connectivity index (χ2v) is 7.28. The number of allylic oxidation sites excluding steroid dienone is 1. The molecule has 3 aromatic heterocycles. The maximum Gasteiger partial charge on any atom is 0.236 e. The number of aromatic nitrogens is 5. The molecule has 3 rings (SSSR count). The number of thioether (sulfide) groups is 1. The molecule has 0 atom stereocenters. The molecule has 10 heteroatoms. The zero-order chi connectivity index (χ0) is 18.4. The fraction of sp³-hybridized carbons (Fsp3) is 0.312. The van der Waals surface area contributed by atoms with E-state index in [-0.39, 0.29) is 11.7 Å². The molecule has 0 fully saturated rings. The minimum Gasteiger partial charge on any atom is -0.461 e. The summed E-state index contributed by atoms with van der Waals surface area (Å²) in [7, 11) is 0. The van der Waals surface area contributed by atoms with E-state index in [0.717, 1.165) is 17.8 Å². The zero-order valence-electron chi connectivity index (χ0n) is 14.2. The van der Waals surface area contributed by atoms with Crippen molar-refractivity contribution in [1.29, 1.82) is 0 Å². The van der Waals surface area contributed by atoms with Crippen LogP contribution in [0.4, 0.5) is 5.13 Å². The largest absolute Gasteiger partial charge is 0.461 e. The van der Waals surface area contributed by atoms with Crippen molar-refractivity contribution in [2.75, 3.05) is 11.1 Å². The lowest BCUT2D eigenvalue weighted by Crippen LogP contribution is -2.14. The van der Waals surface area contributed by atoms with Gasteiger partial charge in [0.2, 0.25) is 16.9 Å². The summed E-state index contributed by atoms with van der Waals surface area (Å²) in [4.78, 5) is 12.2. The van der Waals surface area contributed by atoms with Crippen LogP contribution in [-0.4, -0.2) is 36.6 Å². The SMILES string of the molecule is C=CCn1c(SCC(=O)Nc2nnc(CCC)s2)nnc1-c1ccco1. The molecular weight excluding hydrogens is 372 g/mol. The molecular formula is C16H18N6O2S2. The van der Waals surface area contributed by atoms with Crippen molar-refractivity contribution in [2.45, 2.75) is 31.5 Å². The average molecular weight is 390 g/mol. The summed E-state index contributed by atoms with van der Waals surface area (Å²) in [6, 6.07) is 3.60. The van der Waals surface area contributed by atoms with E-state index < -0.39 is 0 Å². The number of hydrogen-bond acceptors (Lipinski definition) is 8. The number of furan rings is 1. The Morgan fingerprint density at radius 2 is 2.31 bits per heavy atom. The lowest BCUT2D eigenvalue weighted by atomic mass is 10.4. The van der Waals surface area contributed by atoms with E-state index in [1.165, 1.54) is 23.1 Å². The van der Waals surface area contributed by atoms with E-state index in [2.05, 4.69) is 39.2 Å². The Labute approximate surface area is 158 Å². The van der Waals surface area contributed by atoms with Crippen molar-refractivity contribution in [3.05, 3.63) is 36.1 Å². The van der Waals surface area contributed by atoms with E-state index in [0.29, 0.717) is 28.4 Å². The first-order valence-electron chi connectivity index (χ1n) is 8.04. The third-order valence-electron chi connectivity index (χ3n) is 3.28. The van der Waals surface area contributed by atoms with Crippen molar-refractivity contribution < 1.29 is 9.21 Å². The van der Waals surface area contributed by atoms with Crippen LogP contribution in [0.5, 0.6) is 0 Å². The van der Waals surface area contributed by atoms with Crippen LogP contribution < -0.4 is 5.32 Å². The number of carbonyl (C=O) groups is 1. The van der Waals surface area contributed by atoms with Crippen molar-refractivity contribution in [3.8, 4) is 11.6 Å². The van der Waals surface area contributed by atoms with Crippen molar-refractivity contribution in [1.82, 2.24) is 25.0 Å². The van der Waals surface area contributed by atoms with E-state index in [9.17, 15) is 4.79 Å². The van der Waals surface area contributed by atoms with Gasteiger partial charge in [-0.15, -0.1) is 27.0 Å². The topological polar surface area (TPSA) is 98.7 Å². The van der Waals surface area contributed by atoms with Crippen LogP contribution in [0.2, 0.25) is 0 Å². The van der Waals surface area contributed by atoms with Crippen molar-refractivity contribution in [2.24, 2.45) is 0 Å². The molecule has 0 spiro atoms. The maximum atomic E-state index is 12.2. The fourth-order valence-corrected chi connectivity index (χ4v) is 3.79. The molecule has 3 heterocycles. The molecule has 3 aromatic rings. The minimum atomic E-state index is -0.165. The molecule has 136 valence electrons. The quantitative estimate of drug-likeness (QED) is 0.442.